The molecule has 1 unspecified atom stereocenters. The molecule has 0 bridgehead atoms. The van der Waals surface area contributed by atoms with E-state index in [-0.39, 0.29) is 23.5 Å². The third-order valence-electron chi connectivity index (χ3n) is 7.79. The maximum absolute atomic E-state index is 12.4. The van der Waals surface area contributed by atoms with Crippen LogP contribution in [0, 0.1) is 28.6 Å². The fraction of sp³-hybridized carbons (Fsp3) is 0.842. The van der Waals surface area contributed by atoms with Gasteiger partial charge in [0.1, 0.15) is 5.78 Å². The Kier molecular flexibility index (Phi) is 3.32. The Hall–Kier alpha value is -0.670. The van der Waals surface area contributed by atoms with Crippen LogP contribution in [-0.4, -0.2) is 28.7 Å². The Labute approximate surface area is 132 Å². The molecule has 0 aromatic rings. The number of ketones is 1. The maximum Gasteiger partial charge on any atom is 0.139 e. The van der Waals surface area contributed by atoms with Crippen molar-refractivity contribution in [2.24, 2.45) is 28.6 Å². The standard InChI is InChI=1S/C19H28O3/c1-18-8-7-16-14(15(18)4-5-17(18)22)3-2-12-10-13(21)6-9-19(12,16)11-20/h2,13-16,20-21H,3-11H2,1H3/t13?,14-,15-,16-,18-,19+/m0/s1. The van der Waals surface area contributed by atoms with Gasteiger partial charge in [0, 0.05) is 17.3 Å². The van der Waals surface area contributed by atoms with Crippen molar-refractivity contribution in [2.75, 3.05) is 6.61 Å². The summed E-state index contributed by atoms with van der Waals surface area (Å²) in [5, 5.41) is 20.3. The summed E-state index contributed by atoms with van der Waals surface area (Å²) in [5.41, 5.74) is 1.11. The van der Waals surface area contributed by atoms with Crippen molar-refractivity contribution in [1.29, 1.82) is 0 Å². The van der Waals surface area contributed by atoms with Crippen molar-refractivity contribution in [1.82, 2.24) is 0 Å². The van der Waals surface area contributed by atoms with Crippen LogP contribution in [0.2, 0.25) is 0 Å². The minimum atomic E-state index is -0.232. The lowest BCUT2D eigenvalue weighted by Crippen LogP contribution is -2.53. The molecule has 0 radical (unpaired) electrons. The summed E-state index contributed by atoms with van der Waals surface area (Å²) in [6.07, 6.45) is 9.45. The van der Waals surface area contributed by atoms with Gasteiger partial charge in [0.2, 0.25) is 0 Å². The predicted octanol–water partition coefficient (Wildman–Crippen LogP) is 2.85. The molecule has 0 heterocycles. The van der Waals surface area contributed by atoms with Gasteiger partial charge in [0.25, 0.3) is 0 Å². The van der Waals surface area contributed by atoms with Gasteiger partial charge in [-0.05, 0) is 62.7 Å². The molecule has 3 heteroatoms. The van der Waals surface area contributed by atoms with E-state index in [1.807, 2.05) is 0 Å². The van der Waals surface area contributed by atoms with Crippen molar-refractivity contribution < 1.29 is 15.0 Å². The Morgan fingerprint density at radius 3 is 2.82 bits per heavy atom. The molecular weight excluding hydrogens is 276 g/mol. The van der Waals surface area contributed by atoms with E-state index in [0.717, 1.165) is 51.4 Å². The SMILES string of the molecule is C[C@]12CC[C@H]3[C@@H](CC=C4CC(O)CC[C@@]43CO)[C@@H]1CCC2=O. The molecule has 0 saturated heterocycles. The highest BCUT2D eigenvalue weighted by molar-refractivity contribution is 5.87. The highest BCUT2D eigenvalue weighted by atomic mass is 16.3. The highest BCUT2D eigenvalue weighted by Crippen LogP contribution is 2.63. The molecule has 0 aromatic carbocycles. The highest BCUT2D eigenvalue weighted by Gasteiger charge is 2.59. The molecule has 4 aliphatic rings. The number of fused-ring (bicyclic) bond motifs is 5. The van der Waals surface area contributed by atoms with E-state index in [4.69, 9.17) is 0 Å². The molecule has 6 atom stereocenters. The van der Waals surface area contributed by atoms with Crippen LogP contribution in [0.1, 0.15) is 58.3 Å². The molecule has 0 aliphatic heterocycles. The predicted molar refractivity (Wildman–Crippen MR) is 84.1 cm³/mol. The molecule has 3 nitrogen and oxygen atoms in total. The average Bonchev–Trinajstić information content (AvgIpc) is 2.82. The average molecular weight is 304 g/mol. The van der Waals surface area contributed by atoms with Crippen LogP contribution < -0.4 is 0 Å². The number of carbonyl (C=O) groups is 1. The van der Waals surface area contributed by atoms with Crippen molar-refractivity contribution >= 4 is 5.78 Å². The van der Waals surface area contributed by atoms with Gasteiger partial charge in [-0.1, -0.05) is 18.6 Å². The summed E-state index contributed by atoms with van der Waals surface area (Å²) in [6, 6.07) is 0. The summed E-state index contributed by atoms with van der Waals surface area (Å²) in [7, 11) is 0. The summed E-state index contributed by atoms with van der Waals surface area (Å²) < 4.78 is 0. The lowest BCUT2D eigenvalue weighted by atomic mass is 9.47. The van der Waals surface area contributed by atoms with Crippen LogP contribution in [0.15, 0.2) is 11.6 Å². The van der Waals surface area contributed by atoms with Gasteiger partial charge in [-0.15, -0.1) is 0 Å². The molecule has 0 amide bonds. The number of carbonyl (C=O) groups excluding carboxylic acids is 1. The first-order valence-electron chi connectivity index (χ1n) is 9.03. The van der Waals surface area contributed by atoms with E-state index in [1.54, 1.807) is 0 Å². The molecule has 0 aromatic heterocycles. The summed E-state index contributed by atoms with van der Waals surface area (Å²) in [4.78, 5) is 12.4. The molecule has 122 valence electrons. The first kappa shape index (κ1) is 14.9. The zero-order valence-corrected chi connectivity index (χ0v) is 13.6. The number of hydrogen-bond donors (Lipinski definition) is 2. The van der Waals surface area contributed by atoms with Crippen molar-refractivity contribution in [2.45, 2.75) is 64.4 Å². The first-order valence-corrected chi connectivity index (χ1v) is 9.03. The van der Waals surface area contributed by atoms with Gasteiger partial charge >= 0.3 is 0 Å². The minimum absolute atomic E-state index is 0.0999. The molecule has 2 N–H and O–H groups in total. The summed E-state index contributed by atoms with van der Waals surface area (Å²) in [6.45, 7) is 2.41. The van der Waals surface area contributed by atoms with E-state index in [2.05, 4.69) is 13.0 Å². The second kappa shape index (κ2) is 4.91. The maximum atomic E-state index is 12.4. The van der Waals surface area contributed by atoms with E-state index in [9.17, 15) is 15.0 Å². The zero-order valence-electron chi connectivity index (χ0n) is 13.6. The van der Waals surface area contributed by atoms with Gasteiger partial charge in [-0.25, -0.2) is 0 Å². The van der Waals surface area contributed by atoms with Crippen LogP contribution in [0.5, 0.6) is 0 Å². The van der Waals surface area contributed by atoms with Crippen LogP contribution in [0.4, 0.5) is 0 Å². The summed E-state index contributed by atoms with van der Waals surface area (Å²) >= 11 is 0. The van der Waals surface area contributed by atoms with Gasteiger partial charge in [0.05, 0.1) is 12.7 Å². The topological polar surface area (TPSA) is 57.5 Å². The van der Waals surface area contributed by atoms with Gasteiger partial charge in [0.15, 0.2) is 0 Å². The third-order valence-corrected chi connectivity index (χ3v) is 7.79. The molecule has 0 spiro atoms. The molecule has 4 rings (SSSR count). The monoisotopic (exact) mass is 304 g/mol. The van der Waals surface area contributed by atoms with E-state index in [1.165, 1.54) is 5.57 Å². The van der Waals surface area contributed by atoms with Crippen molar-refractivity contribution in [3.05, 3.63) is 11.6 Å². The zero-order chi connectivity index (χ0) is 15.5. The Bertz CT molecular complexity index is 525. The van der Waals surface area contributed by atoms with E-state index in [0.29, 0.717) is 23.5 Å². The van der Waals surface area contributed by atoms with Crippen LogP contribution in [0.3, 0.4) is 0 Å². The fourth-order valence-corrected chi connectivity index (χ4v) is 6.50. The number of allylic oxidation sites excluding steroid dienone is 1. The molecule has 3 fully saturated rings. The minimum Gasteiger partial charge on any atom is -0.395 e. The van der Waals surface area contributed by atoms with E-state index < -0.39 is 0 Å². The Morgan fingerprint density at radius 1 is 1.23 bits per heavy atom. The second-order valence-electron chi connectivity index (χ2n) is 8.47. The summed E-state index contributed by atoms with van der Waals surface area (Å²) in [5.74, 6) is 2.04. The van der Waals surface area contributed by atoms with Crippen LogP contribution in [-0.2, 0) is 4.79 Å². The van der Waals surface area contributed by atoms with Crippen molar-refractivity contribution in [3.8, 4) is 0 Å². The van der Waals surface area contributed by atoms with Gasteiger partial charge in [-0.2, -0.15) is 0 Å². The number of hydrogen-bond acceptors (Lipinski definition) is 3. The quantitative estimate of drug-likeness (QED) is 0.732. The Balaban J connectivity index is 1.72. The fourth-order valence-electron chi connectivity index (χ4n) is 6.50. The van der Waals surface area contributed by atoms with Gasteiger partial charge in [-0.3, -0.25) is 4.79 Å². The smallest absolute Gasteiger partial charge is 0.139 e. The largest absolute Gasteiger partial charge is 0.395 e. The van der Waals surface area contributed by atoms with Crippen molar-refractivity contribution in [3.63, 3.8) is 0 Å². The van der Waals surface area contributed by atoms with Gasteiger partial charge < -0.3 is 10.2 Å². The lowest BCUT2D eigenvalue weighted by molar-refractivity contribution is -0.133. The van der Waals surface area contributed by atoms with Crippen LogP contribution in [0.25, 0.3) is 0 Å². The lowest BCUT2D eigenvalue weighted by Gasteiger charge is -2.57. The normalized spacial score (nSPS) is 50.9. The third kappa shape index (κ3) is 1.78. The Morgan fingerprint density at radius 2 is 2.05 bits per heavy atom. The number of rotatable bonds is 1. The molecule has 22 heavy (non-hydrogen) atoms. The van der Waals surface area contributed by atoms with E-state index >= 15 is 0 Å². The number of aliphatic hydroxyl groups is 2. The second-order valence-corrected chi connectivity index (χ2v) is 8.47. The molecule has 3 saturated carbocycles. The first-order chi connectivity index (χ1) is 10.5. The molecular formula is C19H28O3. The molecule has 4 aliphatic carbocycles. The van der Waals surface area contributed by atoms with Crippen LogP contribution >= 0.6 is 0 Å². The number of aliphatic hydroxyl groups excluding tert-OH is 2. The number of Topliss-reactive ketones (excluding diaryl/α,β-unsaturated/α-hetero) is 1.